The number of aliphatic carboxylic acids is 1. The summed E-state index contributed by atoms with van der Waals surface area (Å²) in [5.41, 5.74) is 0.827. The number of ether oxygens (including phenoxy) is 1. The van der Waals surface area contributed by atoms with Gasteiger partial charge in [-0.3, -0.25) is 14.5 Å². The van der Waals surface area contributed by atoms with Crippen LogP contribution in [0.4, 0.5) is 0 Å². The first-order valence-electron chi connectivity index (χ1n) is 9.22. The summed E-state index contributed by atoms with van der Waals surface area (Å²) in [7, 11) is 1.75. The first-order valence-corrected chi connectivity index (χ1v) is 10.0. The molecule has 0 aromatic carbocycles. The van der Waals surface area contributed by atoms with Crippen LogP contribution < -0.4 is 0 Å². The van der Waals surface area contributed by atoms with Gasteiger partial charge in [0, 0.05) is 25.6 Å². The molecule has 8 heteroatoms. The number of morpholine rings is 1. The molecule has 7 nitrogen and oxygen atoms in total. The Morgan fingerprint density at radius 2 is 2.12 bits per heavy atom. The van der Waals surface area contributed by atoms with Crippen LogP contribution in [0.1, 0.15) is 52.0 Å². The van der Waals surface area contributed by atoms with Crippen LogP contribution in [0.15, 0.2) is 0 Å². The molecular formula is C18H27N3O4S. The summed E-state index contributed by atoms with van der Waals surface area (Å²) in [4.78, 5) is 32.7. The molecule has 1 unspecified atom stereocenters. The molecule has 0 radical (unpaired) electrons. The van der Waals surface area contributed by atoms with E-state index in [1.807, 2.05) is 11.8 Å². The van der Waals surface area contributed by atoms with Crippen molar-refractivity contribution in [2.75, 3.05) is 39.8 Å². The van der Waals surface area contributed by atoms with Crippen molar-refractivity contribution in [3.05, 3.63) is 15.6 Å². The number of likely N-dealkylation sites (N-methyl/N-ethyl adjacent to an activating group) is 1. The summed E-state index contributed by atoms with van der Waals surface area (Å²) >= 11 is 1.55. The molecule has 1 aliphatic carbocycles. The number of carboxylic acid groups (broad SMARTS) is 1. The second-order valence-electron chi connectivity index (χ2n) is 7.28. The fraction of sp³-hybridized carbons (Fsp3) is 0.722. The van der Waals surface area contributed by atoms with Crippen molar-refractivity contribution >= 4 is 23.2 Å². The minimum Gasteiger partial charge on any atom is -0.480 e. The Hall–Kier alpha value is -1.51. The number of carbonyl (C=O) groups excluding carboxylic acids is 1. The number of nitrogens with zero attached hydrogens (tertiary/aromatic N) is 3. The number of hydrogen-bond acceptors (Lipinski definition) is 6. The molecule has 1 saturated carbocycles. The lowest BCUT2D eigenvalue weighted by Crippen LogP contribution is -2.49. The molecule has 1 atom stereocenters. The lowest BCUT2D eigenvalue weighted by molar-refractivity contribution is -0.138. The monoisotopic (exact) mass is 381 g/mol. The van der Waals surface area contributed by atoms with Crippen molar-refractivity contribution < 1.29 is 19.4 Å². The number of aryl methyl sites for hydroxylation is 1. The van der Waals surface area contributed by atoms with Crippen molar-refractivity contribution in [3.8, 4) is 0 Å². The second-order valence-corrected chi connectivity index (χ2v) is 8.31. The van der Waals surface area contributed by atoms with Gasteiger partial charge in [-0.05, 0) is 26.8 Å². The Balaban J connectivity index is 1.63. The standard InChI is InChI=1S/C18H27N3O4S/c1-12-16(26-17(19-12)13-5-3-4-6-13)18(24)21-7-8-25-14(10-21)9-20(2)11-15(22)23/h13-14H,3-11H2,1-2H3,(H,22,23). The van der Waals surface area contributed by atoms with Gasteiger partial charge in [-0.2, -0.15) is 0 Å². The van der Waals surface area contributed by atoms with E-state index in [1.54, 1.807) is 23.3 Å². The topological polar surface area (TPSA) is 83.0 Å². The summed E-state index contributed by atoms with van der Waals surface area (Å²) < 4.78 is 5.72. The molecule has 1 aliphatic heterocycles. The quantitative estimate of drug-likeness (QED) is 0.811. The lowest BCUT2D eigenvalue weighted by Gasteiger charge is -2.34. The Bertz CT molecular complexity index is 657. The third kappa shape index (κ3) is 4.61. The third-order valence-electron chi connectivity index (χ3n) is 5.06. The maximum absolute atomic E-state index is 13.0. The molecule has 144 valence electrons. The van der Waals surface area contributed by atoms with Crippen LogP contribution >= 0.6 is 11.3 Å². The number of rotatable bonds is 6. The average Bonchev–Trinajstić information content (AvgIpc) is 3.23. The van der Waals surface area contributed by atoms with Crippen LogP contribution in [-0.4, -0.2) is 77.7 Å². The molecule has 2 heterocycles. The molecule has 1 aromatic rings. The summed E-state index contributed by atoms with van der Waals surface area (Å²) in [5.74, 6) is -0.322. The summed E-state index contributed by atoms with van der Waals surface area (Å²) in [6.07, 6.45) is 4.69. The highest BCUT2D eigenvalue weighted by Crippen LogP contribution is 2.37. The summed E-state index contributed by atoms with van der Waals surface area (Å²) in [6, 6.07) is 0. The van der Waals surface area contributed by atoms with Gasteiger partial charge in [-0.25, -0.2) is 4.98 Å². The Morgan fingerprint density at radius 1 is 1.38 bits per heavy atom. The maximum atomic E-state index is 13.0. The van der Waals surface area contributed by atoms with E-state index in [0.29, 0.717) is 32.2 Å². The van der Waals surface area contributed by atoms with Gasteiger partial charge in [0.25, 0.3) is 5.91 Å². The highest BCUT2D eigenvalue weighted by molar-refractivity contribution is 7.13. The minimum absolute atomic E-state index is 0.0263. The molecule has 1 amide bonds. The summed E-state index contributed by atoms with van der Waals surface area (Å²) in [6.45, 7) is 3.90. The van der Waals surface area contributed by atoms with E-state index in [4.69, 9.17) is 9.84 Å². The molecule has 3 rings (SSSR count). The largest absolute Gasteiger partial charge is 0.480 e. The molecule has 2 fully saturated rings. The first-order chi connectivity index (χ1) is 12.4. The normalized spacial score (nSPS) is 21.5. The highest BCUT2D eigenvalue weighted by Gasteiger charge is 2.30. The molecule has 0 bridgehead atoms. The van der Waals surface area contributed by atoms with Gasteiger partial charge in [0.2, 0.25) is 0 Å². The molecule has 0 spiro atoms. The zero-order valence-electron chi connectivity index (χ0n) is 15.4. The smallest absolute Gasteiger partial charge is 0.317 e. The fourth-order valence-electron chi connectivity index (χ4n) is 3.76. The summed E-state index contributed by atoms with van der Waals surface area (Å²) in [5, 5.41) is 9.98. The molecule has 1 saturated heterocycles. The molecular weight excluding hydrogens is 354 g/mol. The van der Waals surface area contributed by atoms with Crippen LogP contribution in [0, 0.1) is 6.92 Å². The second kappa shape index (κ2) is 8.45. The maximum Gasteiger partial charge on any atom is 0.317 e. The van der Waals surface area contributed by atoms with E-state index < -0.39 is 5.97 Å². The predicted octanol–water partition coefficient (Wildman–Crippen LogP) is 1.97. The van der Waals surface area contributed by atoms with Crippen molar-refractivity contribution in [2.45, 2.75) is 44.6 Å². The zero-order chi connectivity index (χ0) is 18.7. The predicted molar refractivity (Wildman–Crippen MR) is 98.8 cm³/mol. The number of carboxylic acids is 1. The number of hydrogen-bond donors (Lipinski definition) is 1. The van der Waals surface area contributed by atoms with Crippen LogP contribution in [0.3, 0.4) is 0 Å². The van der Waals surface area contributed by atoms with E-state index >= 15 is 0 Å². The van der Waals surface area contributed by atoms with Gasteiger partial charge in [-0.1, -0.05) is 12.8 Å². The van der Waals surface area contributed by atoms with E-state index in [-0.39, 0.29) is 18.6 Å². The third-order valence-corrected chi connectivity index (χ3v) is 6.37. The van der Waals surface area contributed by atoms with E-state index in [2.05, 4.69) is 4.98 Å². The van der Waals surface area contributed by atoms with Gasteiger partial charge < -0.3 is 14.7 Å². The molecule has 1 N–H and O–H groups in total. The Kier molecular flexibility index (Phi) is 6.26. The van der Waals surface area contributed by atoms with E-state index in [1.165, 1.54) is 25.7 Å². The van der Waals surface area contributed by atoms with Crippen LogP contribution in [0.2, 0.25) is 0 Å². The molecule has 26 heavy (non-hydrogen) atoms. The Labute approximate surface area is 158 Å². The number of aromatic nitrogens is 1. The van der Waals surface area contributed by atoms with Gasteiger partial charge in [0.15, 0.2) is 0 Å². The van der Waals surface area contributed by atoms with Crippen molar-refractivity contribution in [2.24, 2.45) is 0 Å². The molecule has 1 aromatic heterocycles. The first kappa shape index (κ1) is 19.3. The van der Waals surface area contributed by atoms with Crippen molar-refractivity contribution in [1.82, 2.24) is 14.8 Å². The average molecular weight is 381 g/mol. The van der Waals surface area contributed by atoms with Gasteiger partial charge in [-0.15, -0.1) is 11.3 Å². The number of thiazole rings is 1. The fourth-order valence-corrected chi connectivity index (χ4v) is 4.97. The van der Waals surface area contributed by atoms with E-state index in [9.17, 15) is 9.59 Å². The van der Waals surface area contributed by atoms with Crippen molar-refractivity contribution in [1.29, 1.82) is 0 Å². The Morgan fingerprint density at radius 3 is 2.81 bits per heavy atom. The van der Waals surface area contributed by atoms with Crippen LogP contribution in [0.5, 0.6) is 0 Å². The van der Waals surface area contributed by atoms with Crippen LogP contribution in [0.25, 0.3) is 0 Å². The van der Waals surface area contributed by atoms with Crippen LogP contribution in [-0.2, 0) is 9.53 Å². The van der Waals surface area contributed by atoms with Crippen molar-refractivity contribution in [3.63, 3.8) is 0 Å². The number of carbonyl (C=O) groups is 2. The molecule has 2 aliphatic rings. The SMILES string of the molecule is Cc1nc(C2CCCC2)sc1C(=O)N1CCOC(CN(C)CC(=O)O)C1. The van der Waals surface area contributed by atoms with Gasteiger partial charge in [0.1, 0.15) is 4.88 Å². The minimum atomic E-state index is -0.865. The van der Waals surface area contributed by atoms with Gasteiger partial charge in [0.05, 0.1) is 30.0 Å². The highest BCUT2D eigenvalue weighted by atomic mass is 32.1. The number of amides is 1. The lowest BCUT2D eigenvalue weighted by atomic mass is 10.1. The van der Waals surface area contributed by atoms with Gasteiger partial charge >= 0.3 is 5.97 Å². The van der Waals surface area contributed by atoms with E-state index in [0.717, 1.165) is 15.6 Å². The zero-order valence-corrected chi connectivity index (χ0v) is 16.3.